The number of anilines is 1. The van der Waals surface area contributed by atoms with E-state index in [0.717, 1.165) is 0 Å². The number of nitrogens with one attached hydrogen (secondary N) is 2. The number of hydrogen-bond donors (Lipinski definition) is 3. The molecule has 0 radical (unpaired) electrons. The van der Waals surface area contributed by atoms with Crippen LogP contribution in [0, 0.1) is 0 Å². The standard InChI is InChI=1S/C19H14Cl3N3O4/c20-10-1-3-15(22)13(5-10)18-24-8-12(29-18)7-23-9-17(26)25-16-4-2-11(21)6-14(16)19(27)28/h1-6,8,23H,7,9H2,(H,25,26)(H,27,28). The SMILES string of the molecule is O=C(CNCc1cnc(-c2cc(Cl)ccc2Cl)o1)Nc1ccc(Cl)cc1C(=O)O. The zero-order chi connectivity index (χ0) is 21.0. The molecule has 0 aliphatic heterocycles. The summed E-state index contributed by atoms with van der Waals surface area (Å²) < 4.78 is 5.63. The Morgan fingerprint density at radius 1 is 1.07 bits per heavy atom. The lowest BCUT2D eigenvalue weighted by atomic mass is 10.2. The van der Waals surface area contributed by atoms with Gasteiger partial charge in [0.05, 0.1) is 41.1 Å². The summed E-state index contributed by atoms with van der Waals surface area (Å²) >= 11 is 17.9. The lowest BCUT2D eigenvalue weighted by Gasteiger charge is -2.09. The summed E-state index contributed by atoms with van der Waals surface area (Å²) in [6.07, 6.45) is 1.51. The van der Waals surface area contributed by atoms with Crippen molar-refractivity contribution in [1.82, 2.24) is 10.3 Å². The van der Waals surface area contributed by atoms with Crippen LogP contribution >= 0.6 is 34.8 Å². The van der Waals surface area contributed by atoms with Crippen LogP contribution in [0.4, 0.5) is 5.69 Å². The minimum atomic E-state index is -1.19. The highest BCUT2D eigenvalue weighted by Crippen LogP contribution is 2.30. The smallest absolute Gasteiger partial charge is 0.337 e. The molecule has 2 aromatic carbocycles. The number of hydrogen-bond acceptors (Lipinski definition) is 5. The molecule has 0 saturated heterocycles. The van der Waals surface area contributed by atoms with E-state index in [-0.39, 0.29) is 29.4 Å². The minimum absolute atomic E-state index is 0.0738. The molecule has 0 aliphatic carbocycles. The van der Waals surface area contributed by atoms with Gasteiger partial charge in [-0.2, -0.15) is 0 Å². The second kappa shape index (κ2) is 9.28. The number of nitrogens with zero attached hydrogens (tertiary/aromatic N) is 1. The van der Waals surface area contributed by atoms with Gasteiger partial charge in [-0.15, -0.1) is 0 Å². The molecule has 3 aromatic rings. The highest BCUT2D eigenvalue weighted by Gasteiger charge is 2.14. The van der Waals surface area contributed by atoms with Gasteiger partial charge in [0.15, 0.2) is 0 Å². The molecule has 1 aromatic heterocycles. The van der Waals surface area contributed by atoms with Gasteiger partial charge in [-0.05, 0) is 36.4 Å². The monoisotopic (exact) mass is 453 g/mol. The third-order valence-electron chi connectivity index (χ3n) is 3.78. The van der Waals surface area contributed by atoms with Gasteiger partial charge < -0.3 is 20.2 Å². The average Bonchev–Trinajstić information content (AvgIpc) is 3.13. The van der Waals surface area contributed by atoms with E-state index in [1.165, 1.54) is 24.4 Å². The van der Waals surface area contributed by atoms with Crippen LogP contribution in [0.3, 0.4) is 0 Å². The first-order valence-corrected chi connectivity index (χ1v) is 9.40. The van der Waals surface area contributed by atoms with Gasteiger partial charge in [0, 0.05) is 10.0 Å². The van der Waals surface area contributed by atoms with Crippen molar-refractivity contribution in [3.05, 3.63) is 69.0 Å². The normalized spacial score (nSPS) is 10.7. The first-order valence-electron chi connectivity index (χ1n) is 8.27. The van der Waals surface area contributed by atoms with Crippen LogP contribution in [0.1, 0.15) is 16.1 Å². The third kappa shape index (κ3) is 5.48. The molecule has 0 unspecified atom stereocenters. The molecular formula is C19H14Cl3N3O4. The highest BCUT2D eigenvalue weighted by atomic mass is 35.5. The van der Waals surface area contributed by atoms with Crippen LogP contribution in [0.2, 0.25) is 15.1 Å². The number of carboxylic acid groups (broad SMARTS) is 1. The van der Waals surface area contributed by atoms with Crippen molar-refractivity contribution in [2.24, 2.45) is 0 Å². The Bertz CT molecular complexity index is 1070. The van der Waals surface area contributed by atoms with Crippen LogP contribution in [0.25, 0.3) is 11.5 Å². The zero-order valence-corrected chi connectivity index (χ0v) is 17.0. The maximum Gasteiger partial charge on any atom is 0.337 e. The fourth-order valence-corrected chi connectivity index (χ4v) is 3.01. The van der Waals surface area contributed by atoms with Gasteiger partial charge in [0.1, 0.15) is 5.76 Å². The number of benzene rings is 2. The number of rotatable bonds is 7. The number of oxazole rings is 1. The van der Waals surface area contributed by atoms with Gasteiger partial charge in [-0.25, -0.2) is 9.78 Å². The van der Waals surface area contributed by atoms with Crippen molar-refractivity contribution in [3.8, 4) is 11.5 Å². The maximum absolute atomic E-state index is 12.1. The number of carbonyl (C=O) groups is 2. The van der Waals surface area contributed by atoms with E-state index in [1.54, 1.807) is 18.2 Å². The molecule has 0 spiro atoms. The van der Waals surface area contributed by atoms with Crippen LogP contribution < -0.4 is 10.6 Å². The van der Waals surface area contributed by atoms with E-state index >= 15 is 0 Å². The van der Waals surface area contributed by atoms with Crippen LogP contribution in [-0.4, -0.2) is 28.5 Å². The fourth-order valence-electron chi connectivity index (χ4n) is 2.47. The van der Waals surface area contributed by atoms with Gasteiger partial charge in [0.2, 0.25) is 11.8 Å². The lowest BCUT2D eigenvalue weighted by molar-refractivity contribution is -0.115. The van der Waals surface area contributed by atoms with Crippen molar-refractivity contribution in [2.75, 3.05) is 11.9 Å². The summed E-state index contributed by atoms with van der Waals surface area (Å²) in [6.45, 7) is 0.153. The highest BCUT2D eigenvalue weighted by molar-refractivity contribution is 6.35. The predicted molar refractivity (Wildman–Crippen MR) is 111 cm³/mol. The number of halogens is 3. The zero-order valence-electron chi connectivity index (χ0n) is 14.7. The van der Waals surface area contributed by atoms with Gasteiger partial charge >= 0.3 is 5.97 Å². The van der Waals surface area contributed by atoms with Crippen molar-refractivity contribution >= 4 is 52.4 Å². The molecular weight excluding hydrogens is 441 g/mol. The van der Waals surface area contributed by atoms with Crippen molar-refractivity contribution in [3.63, 3.8) is 0 Å². The number of aromatic carboxylic acids is 1. The summed E-state index contributed by atoms with van der Waals surface area (Å²) in [7, 11) is 0. The largest absolute Gasteiger partial charge is 0.478 e. The van der Waals surface area contributed by atoms with Crippen molar-refractivity contribution in [1.29, 1.82) is 0 Å². The Hall–Kier alpha value is -2.58. The quantitative estimate of drug-likeness (QED) is 0.477. The van der Waals surface area contributed by atoms with E-state index in [9.17, 15) is 14.7 Å². The minimum Gasteiger partial charge on any atom is -0.478 e. The average molecular weight is 455 g/mol. The van der Waals surface area contributed by atoms with Crippen LogP contribution in [-0.2, 0) is 11.3 Å². The van der Waals surface area contributed by atoms with Gasteiger partial charge in [-0.3, -0.25) is 4.79 Å². The Balaban J connectivity index is 1.57. The number of carbonyl (C=O) groups excluding carboxylic acids is 1. The Morgan fingerprint density at radius 3 is 2.55 bits per heavy atom. The molecule has 150 valence electrons. The van der Waals surface area contributed by atoms with Gasteiger partial charge in [0.25, 0.3) is 0 Å². The Kier molecular flexibility index (Phi) is 6.76. The molecule has 7 nitrogen and oxygen atoms in total. The van der Waals surface area contributed by atoms with Crippen molar-refractivity contribution in [2.45, 2.75) is 6.54 Å². The molecule has 3 rings (SSSR count). The Morgan fingerprint density at radius 2 is 1.79 bits per heavy atom. The molecule has 1 amide bonds. The molecule has 0 bridgehead atoms. The second-order valence-electron chi connectivity index (χ2n) is 5.90. The van der Waals surface area contributed by atoms with Crippen molar-refractivity contribution < 1.29 is 19.1 Å². The molecule has 0 atom stereocenters. The van der Waals surface area contributed by atoms with E-state index in [4.69, 9.17) is 39.2 Å². The summed E-state index contributed by atoms with van der Waals surface area (Å²) in [5.74, 6) is -0.815. The first-order chi connectivity index (χ1) is 13.8. The molecule has 29 heavy (non-hydrogen) atoms. The van der Waals surface area contributed by atoms with E-state index in [1.807, 2.05) is 0 Å². The number of carboxylic acids is 1. The molecule has 3 N–H and O–H groups in total. The second-order valence-corrected chi connectivity index (χ2v) is 7.18. The van der Waals surface area contributed by atoms with E-state index in [2.05, 4.69) is 15.6 Å². The maximum atomic E-state index is 12.1. The summed E-state index contributed by atoms with van der Waals surface area (Å²) in [5.41, 5.74) is 0.627. The molecule has 0 fully saturated rings. The first kappa shape index (κ1) is 21.1. The van der Waals surface area contributed by atoms with E-state index in [0.29, 0.717) is 27.3 Å². The number of aromatic nitrogens is 1. The molecule has 0 saturated carbocycles. The van der Waals surface area contributed by atoms with Gasteiger partial charge in [-0.1, -0.05) is 34.8 Å². The summed E-state index contributed by atoms with van der Waals surface area (Å²) in [6, 6.07) is 9.15. The molecule has 1 heterocycles. The lowest BCUT2D eigenvalue weighted by Crippen LogP contribution is -2.28. The van der Waals surface area contributed by atoms with E-state index < -0.39 is 11.9 Å². The molecule has 10 heteroatoms. The third-order valence-corrected chi connectivity index (χ3v) is 4.58. The summed E-state index contributed by atoms with van der Waals surface area (Å²) in [5, 5.41) is 15.8. The number of amides is 1. The topological polar surface area (TPSA) is 104 Å². The van der Waals surface area contributed by atoms with Crippen LogP contribution in [0.5, 0.6) is 0 Å². The summed E-state index contributed by atoms with van der Waals surface area (Å²) in [4.78, 5) is 27.5. The van der Waals surface area contributed by atoms with Crippen LogP contribution in [0.15, 0.2) is 47.0 Å². The fraction of sp³-hybridized carbons (Fsp3) is 0.105. The molecule has 0 aliphatic rings. The predicted octanol–water partition coefficient (Wildman–Crippen LogP) is 4.73. The Labute approximate surface area is 180 Å².